The maximum atomic E-state index is 12.6. The summed E-state index contributed by atoms with van der Waals surface area (Å²) in [4.78, 5) is 16.6. The Labute approximate surface area is 161 Å². The third kappa shape index (κ3) is 5.11. The SMILES string of the molecule is Cc1cc(NC(=O)C(C)N2CCN(Cc3ccc(C(F)(F)F)cc3)CC2)on1. The topological polar surface area (TPSA) is 61.6 Å². The van der Waals surface area contributed by atoms with Crippen LogP contribution in [0.25, 0.3) is 0 Å². The largest absolute Gasteiger partial charge is 0.416 e. The lowest BCUT2D eigenvalue weighted by Crippen LogP contribution is -2.52. The van der Waals surface area contributed by atoms with Crippen molar-refractivity contribution in [3.05, 3.63) is 47.2 Å². The Morgan fingerprint density at radius 1 is 1.21 bits per heavy atom. The van der Waals surface area contributed by atoms with E-state index in [0.29, 0.717) is 31.2 Å². The number of piperazine rings is 1. The van der Waals surface area contributed by atoms with Crippen molar-refractivity contribution in [2.24, 2.45) is 0 Å². The second-order valence-electron chi connectivity index (χ2n) is 7.00. The number of aryl methyl sites for hydroxylation is 1. The average Bonchev–Trinajstić information content (AvgIpc) is 3.06. The van der Waals surface area contributed by atoms with E-state index < -0.39 is 11.7 Å². The Balaban J connectivity index is 1.48. The van der Waals surface area contributed by atoms with Crippen molar-refractivity contribution in [3.63, 3.8) is 0 Å². The molecule has 0 saturated carbocycles. The molecule has 0 radical (unpaired) electrons. The second kappa shape index (κ2) is 8.32. The van der Waals surface area contributed by atoms with E-state index in [1.807, 2.05) is 6.92 Å². The van der Waals surface area contributed by atoms with Gasteiger partial charge in [0.15, 0.2) is 0 Å². The zero-order valence-corrected chi connectivity index (χ0v) is 15.8. The first-order chi connectivity index (χ1) is 13.2. The van der Waals surface area contributed by atoms with Crippen molar-refractivity contribution in [2.45, 2.75) is 32.6 Å². The van der Waals surface area contributed by atoms with Crippen molar-refractivity contribution in [1.29, 1.82) is 0 Å². The van der Waals surface area contributed by atoms with Crippen LogP contribution in [0.3, 0.4) is 0 Å². The molecule has 1 fully saturated rings. The van der Waals surface area contributed by atoms with E-state index in [2.05, 4.69) is 20.3 Å². The summed E-state index contributed by atoms with van der Waals surface area (Å²) in [6, 6.07) is 6.60. The first-order valence-electron chi connectivity index (χ1n) is 9.09. The van der Waals surface area contributed by atoms with E-state index in [9.17, 15) is 18.0 Å². The number of hydrogen-bond donors (Lipinski definition) is 1. The van der Waals surface area contributed by atoms with Crippen molar-refractivity contribution in [2.75, 3.05) is 31.5 Å². The molecule has 1 aliphatic heterocycles. The Morgan fingerprint density at radius 3 is 2.39 bits per heavy atom. The summed E-state index contributed by atoms with van der Waals surface area (Å²) >= 11 is 0. The number of carbonyl (C=O) groups excluding carboxylic acids is 1. The lowest BCUT2D eigenvalue weighted by atomic mass is 10.1. The van der Waals surface area contributed by atoms with Gasteiger partial charge >= 0.3 is 6.18 Å². The van der Waals surface area contributed by atoms with E-state index in [4.69, 9.17) is 4.52 Å². The van der Waals surface area contributed by atoms with E-state index in [1.54, 1.807) is 13.0 Å². The summed E-state index contributed by atoms with van der Waals surface area (Å²) in [6.07, 6.45) is -4.31. The number of hydrogen-bond acceptors (Lipinski definition) is 5. The van der Waals surface area contributed by atoms with Crippen molar-refractivity contribution < 1.29 is 22.5 Å². The van der Waals surface area contributed by atoms with Crippen LogP contribution in [0.15, 0.2) is 34.9 Å². The molecule has 1 aromatic heterocycles. The van der Waals surface area contributed by atoms with Gasteiger partial charge in [-0.2, -0.15) is 13.2 Å². The lowest BCUT2D eigenvalue weighted by molar-refractivity contribution is -0.137. The van der Waals surface area contributed by atoms with Crippen LogP contribution in [0, 0.1) is 6.92 Å². The minimum absolute atomic E-state index is 0.160. The summed E-state index contributed by atoms with van der Waals surface area (Å²) in [5, 5.41) is 6.45. The summed E-state index contributed by atoms with van der Waals surface area (Å²) in [5.74, 6) is 0.169. The molecular formula is C19H23F3N4O2. The van der Waals surface area contributed by atoms with Crippen LogP contribution in [0.4, 0.5) is 19.1 Å². The number of aromatic nitrogens is 1. The van der Waals surface area contributed by atoms with Gasteiger partial charge in [0.1, 0.15) is 0 Å². The standard InChI is InChI=1S/C19H23F3N4O2/c1-13-11-17(28-24-13)23-18(27)14(2)26-9-7-25(8-10-26)12-15-3-5-16(6-4-15)19(20,21)22/h3-6,11,14H,7-10,12H2,1-2H3,(H,23,27). The Kier molecular flexibility index (Phi) is 6.04. The number of rotatable bonds is 5. The molecule has 3 rings (SSSR count). The van der Waals surface area contributed by atoms with Crippen molar-refractivity contribution in [1.82, 2.24) is 15.0 Å². The molecule has 1 aliphatic rings. The first kappa shape index (κ1) is 20.3. The number of alkyl halides is 3. The van der Waals surface area contributed by atoms with Crippen LogP contribution in [0.1, 0.15) is 23.7 Å². The molecule has 0 spiro atoms. The molecule has 9 heteroatoms. The maximum absolute atomic E-state index is 12.6. The highest BCUT2D eigenvalue weighted by atomic mass is 19.4. The number of halogens is 3. The molecule has 152 valence electrons. The average molecular weight is 396 g/mol. The van der Waals surface area contributed by atoms with Gasteiger partial charge in [-0.3, -0.25) is 19.9 Å². The fraction of sp³-hybridized carbons (Fsp3) is 0.474. The third-order valence-electron chi connectivity index (χ3n) is 4.90. The fourth-order valence-electron chi connectivity index (χ4n) is 3.18. The van der Waals surface area contributed by atoms with Crippen LogP contribution in [-0.4, -0.2) is 53.1 Å². The predicted octanol–water partition coefficient (Wildman–Crippen LogP) is 3.15. The zero-order valence-electron chi connectivity index (χ0n) is 15.8. The van der Waals surface area contributed by atoms with E-state index in [1.165, 1.54) is 12.1 Å². The molecular weight excluding hydrogens is 373 g/mol. The first-order valence-corrected chi connectivity index (χ1v) is 9.09. The summed E-state index contributed by atoms with van der Waals surface area (Å²) in [7, 11) is 0. The quantitative estimate of drug-likeness (QED) is 0.841. The van der Waals surface area contributed by atoms with Gasteiger partial charge < -0.3 is 4.52 Å². The monoisotopic (exact) mass is 396 g/mol. The van der Waals surface area contributed by atoms with E-state index >= 15 is 0 Å². The van der Waals surface area contributed by atoms with Gasteiger partial charge in [-0.25, -0.2) is 0 Å². The Hall–Kier alpha value is -2.39. The number of nitrogens with zero attached hydrogens (tertiary/aromatic N) is 3. The summed E-state index contributed by atoms with van der Waals surface area (Å²) in [6.45, 7) is 7.07. The van der Waals surface area contributed by atoms with Gasteiger partial charge in [0.05, 0.1) is 17.3 Å². The van der Waals surface area contributed by atoms with Gasteiger partial charge in [0.2, 0.25) is 11.8 Å². The molecule has 2 heterocycles. The smallest absolute Gasteiger partial charge is 0.338 e. The number of carbonyl (C=O) groups is 1. The predicted molar refractivity (Wildman–Crippen MR) is 97.6 cm³/mol. The molecule has 1 unspecified atom stereocenters. The highest BCUT2D eigenvalue weighted by molar-refractivity contribution is 5.93. The fourth-order valence-corrected chi connectivity index (χ4v) is 3.18. The molecule has 2 aromatic rings. The molecule has 1 aromatic carbocycles. The number of amides is 1. The van der Waals surface area contributed by atoms with Crippen LogP contribution in [0.5, 0.6) is 0 Å². The minimum atomic E-state index is -4.31. The molecule has 6 nitrogen and oxygen atoms in total. The molecule has 1 saturated heterocycles. The van der Waals surface area contributed by atoms with E-state index in [0.717, 1.165) is 30.8 Å². The number of nitrogens with one attached hydrogen (secondary N) is 1. The van der Waals surface area contributed by atoms with Crippen LogP contribution in [0.2, 0.25) is 0 Å². The highest BCUT2D eigenvalue weighted by Crippen LogP contribution is 2.29. The summed E-state index contributed by atoms with van der Waals surface area (Å²) < 4.78 is 42.9. The molecule has 1 atom stereocenters. The van der Waals surface area contributed by atoms with Crippen molar-refractivity contribution >= 4 is 11.8 Å². The number of anilines is 1. The molecule has 0 bridgehead atoms. The van der Waals surface area contributed by atoms with Crippen LogP contribution >= 0.6 is 0 Å². The maximum Gasteiger partial charge on any atom is 0.416 e. The lowest BCUT2D eigenvalue weighted by Gasteiger charge is -2.37. The van der Waals surface area contributed by atoms with Crippen molar-refractivity contribution in [3.8, 4) is 0 Å². The second-order valence-corrected chi connectivity index (χ2v) is 7.00. The molecule has 0 aliphatic carbocycles. The van der Waals surface area contributed by atoms with Gasteiger partial charge in [-0.15, -0.1) is 0 Å². The Morgan fingerprint density at radius 2 is 1.86 bits per heavy atom. The normalized spacial score (nSPS) is 17.5. The van der Waals surface area contributed by atoms with Gasteiger partial charge in [-0.05, 0) is 31.5 Å². The number of benzene rings is 1. The van der Waals surface area contributed by atoms with E-state index in [-0.39, 0.29) is 11.9 Å². The zero-order chi connectivity index (χ0) is 20.3. The summed E-state index contributed by atoms with van der Waals surface area (Å²) in [5.41, 5.74) is 0.899. The van der Waals surface area contributed by atoms with Crippen LogP contribution < -0.4 is 5.32 Å². The third-order valence-corrected chi connectivity index (χ3v) is 4.90. The van der Waals surface area contributed by atoms with Crippen LogP contribution in [-0.2, 0) is 17.5 Å². The van der Waals surface area contributed by atoms with Gasteiger partial charge in [0, 0.05) is 38.8 Å². The minimum Gasteiger partial charge on any atom is -0.338 e. The van der Waals surface area contributed by atoms with Gasteiger partial charge in [-0.1, -0.05) is 17.3 Å². The Bertz CT molecular complexity index is 796. The molecule has 1 N–H and O–H groups in total. The molecule has 28 heavy (non-hydrogen) atoms. The highest BCUT2D eigenvalue weighted by Gasteiger charge is 2.30. The molecule has 1 amide bonds. The van der Waals surface area contributed by atoms with Gasteiger partial charge in [0.25, 0.3) is 0 Å².